The lowest BCUT2D eigenvalue weighted by molar-refractivity contribution is -0.384. The number of nitro benzene ring substituents is 1. The van der Waals surface area contributed by atoms with Crippen molar-refractivity contribution in [1.82, 2.24) is 4.90 Å². The van der Waals surface area contributed by atoms with Crippen molar-refractivity contribution >= 4 is 5.69 Å². The van der Waals surface area contributed by atoms with E-state index in [1.807, 2.05) is 44.3 Å². The van der Waals surface area contributed by atoms with Crippen LogP contribution >= 0.6 is 0 Å². The summed E-state index contributed by atoms with van der Waals surface area (Å²) >= 11 is 0. The molecule has 0 aliphatic heterocycles. The van der Waals surface area contributed by atoms with Crippen molar-refractivity contribution in [2.45, 2.75) is 19.5 Å². The fourth-order valence-corrected chi connectivity index (χ4v) is 2.31. The largest absolute Gasteiger partial charge is 0.497 e. The van der Waals surface area contributed by atoms with Crippen LogP contribution in [0.1, 0.15) is 24.1 Å². The molecule has 0 bridgehead atoms. The number of rotatable bonds is 6. The molecule has 0 radical (unpaired) electrons. The van der Waals surface area contributed by atoms with Crippen LogP contribution in [-0.2, 0) is 6.54 Å². The lowest BCUT2D eigenvalue weighted by atomic mass is 10.1. The predicted octanol–water partition coefficient (Wildman–Crippen LogP) is 3.80. The molecule has 0 fully saturated rings. The Kier molecular flexibility index (Phi) is 5.12. The number of methoxy groups -OCH3 is 1. The van der Waals surface area contributed by atoms with Crippen LogP contribution in [0.25, 0.3) is 0 Å². The van der Waals surface area contributed by atoms with Crippen LogP contribution < -0.4 is 4.74 Å². The van der Waals surface area contributed by atoms with Gasteiger partial charge >= 0.3 is 0 Å². The highest BCUT2D eigenvalue weighted by Crippen LogP contribution is 2.24. The molecule has 1 unspecified atom stereocenters. The third-order valence-electron chi connectivity index (χ3n) is 3.82. The molecule has 0 aromatic heterocycles. The molecule has 0 amide bonds. The molecule has 0 saturated carbocycles. The van der Waals surface area contributed by atoms with Gasteiger partial charge in [-0.15, -0.1) is 0 Å². The fourth-order valence-electron chi connectivity index (χ4n) is 2.31. The first kappa shape index (κ1) is 16.0. The zero-order valence-corrected chi connectivity index (χ0v) is 13.0. The highest BCUT2D eigenvalue weighted by atomic mass is 16.6. The van der Waals surface area contributed by atoms with E-state index in [0.29, 0.717) is 0 Å². The van der Waals surface area contributed by atoms with E-state index in [4.69, 9.17) is 4.74 Å². The highest BCUT2D eigenvalue weighted by molar-refractivity contribution is 5.35. The van der Waals surface area contributed by atoms with E-state index >= 15 is 0 Å². The van der Waals surface area contributed by atoms with Crippen molar-refractivity contribution < 1.29 is 9.66 Å². The second-order valence-corrected chi connectivity index (χ2v) is 5.29. The van der Waals surface area contributed by atoms with Gasteiger partial charge in [0, 0.05) is 24.7 Å². The predicted molar refractivity (Wildman–Crippen MR) is 86.0 cm³/mol. The Morgan fingerprint density at radius 3 is 2.50 bits per heavy atom. The third kappa shape index (κ3) is 3.83. The van der Waals surface area contributed by atoms with Crippen LogP contribution in [0.2, 0.25) is 0 Å². The second-order valence-electron chi connectivity index (χ2n) is 5.29. The van der Waals surface area contributed by atoms with Gasteiger partial charge in [-0.3, -0.25) is 15.0 Å². The summed E-state index contributed by atoms with van der Waals surface area (Å²) < 4.78 is 5.15. The maximum Gasteiger partial charge on any atom is 0.269 e. The van der Waals surface area contributed by atoms with Crippen LogP contribution in [0, 0.1) is 10.1 Å². The minimum atomic E-state index is -0.361. The maximum atomic E-state index is 10.9. The molecule has 2 aromatic rings. The molecule has 1 atom stereocenters. The number of ether oxygens (including phenoxy) is 1. The molecule has 22 heavy (non-hydrogen) atoms. The number of nitro groups is 1. The summed E-state index contributed by atoms with van der Waals surface area (Å²) in [6.07, 6.45) is 0. The van der Waals surface area contributed by atoms with Gasteiger partial charge in [-0.1, -0.05) is 24.3 Å². The van der Waals surface area contributed by atoms with Gasteiger partial charge < -0.3 is 4.74 Å². The van der Waals surface area contributed by atoms with Gasteiger partial charge in [-0.05, 0) is 37.2 Å². The number of hydrogen-bond acceptors (Lipinski definition) is 4. The van der Waals surface area contributed by atoms with Gasteiger partial charge in [0.2, 0.25) is 0 Å². The summed E-state index contributed by atoms with van der Waals surface area (Å²) in [5.74, 6) is 0.832. The van der Waals surface area contributed by atoms with Crippen LogP contribution in [0.5, 0.6) is 5.75 Å². The van der Waals surface area contributed by atoms with E-state index in [2.05, 4.69) is 4.90 Å². The Morgan fingerprint density at radius 2 is 1.91 bits per heavy atom. The van der Waals surface area contributed by atoms with Gasteiger partial charge in [0.1, 0.15) is 5.75 Å². The van der Waals surface area contributed by atoms with Crippen LogP contribution in [0.4, 0.5) is 5.69 Å². The summed E-state index contributed by atoms with van der Waals surface area (Å²) in [6.45, 7) is 2.80. The monoisotopic (exact) mass is 300 g/mol. The quantitative estimate of drug-likeness (QED) is 0.601. The Morgan fingerprint density at radius 1 is 1.23 bits per heavy atom. The highest BCUT2D eigenvalue weighted by Gasteiger charge is 2.15. The van der Waals surface area contributed by atoms with Crippen molar-refractivity contribution in [3.05, 3.63) is 69.8 Å². The Balaban J connectivity index is 2.09. The molecule has 0 N–H and O–H groups in total. The molecule has 5 heteroatoms. The van der Waals surface area contributed by atoms with Crippen molar-refractivity contribution in [3.63, 3.8) is 0 Å². The summed E-state index contributed by atoms with van der Waals surface area (Å²) in [7, 11) is 3.65. The Labute approximate surface area is 130 Å². The van der Waals surface area contributed by atoms with Gasteiger partial charge in [0.15, 0.2) is 0 Å². The molecule has 2 aromatic carbocycles. The molecule has 0 aliphatic carbocycles. The smallest absolute Gasteiger partial charge is 0.269 e. The summed E-state index contributed by atoms with van der Waals surface area (Å²) in [5, 5.41) is 10.9. The standard InChI is InChI=1S/C17H20N2O3/c1-13(15-5-4-6-16(11-15)19(20)21)18(2)12-14-7-9-17(22-3)10-8-14/h4-11,13H,12H2,1-3H3. The van der Waals surface area contributed by atoms with Crippen LogP contribution in [-0.4, -0.2) is 24.0 Å². The molecule has 0 aliphatic rings. The van der Waals surface area contributed by atoms with Gasteiger partial charge in [-0.25, -0.2) is 0 Å². The Bertz CT molecular complexity index is 641. The second kappa shape index (κ2) is 7.04. The zero-order chi connectivity index (χ0) is 16.1. The summed E-state index contributed by atoms with van der Waals surface area (Å²) in [4.78, 5) is 12.7. The molecule has 116 valence electrons. The first-order chi connectivity index (χ1) is 10.5. The SMILES string of the molecule is COc1ccc(CN(C)C(C)c2cccc([N+](=O)[O-])c2)cc1. The van der Waals surface area contributed by atoms with Gasteiger partial charge in [-0.2, -0.15) is 0 Å². The van der Waals surface area contributed by atoms with Crippen molar-refractivity contribution in [2.24, 2.45) is 0 Å². The fraction of sp³-hybridized carbons (Fsp3) is 0.294. The molecule has 0 saturated heterocycles. The third-order valence-corrected chi connectivity index (χ3v) is 3.82. The molecule has 0 heterocycles. The summed E-state index contributed by atoms with van der Waals surface area (Å²) in [6, 6.07) is 14.8. The Hall–Kier alpha value is -2.40. The first-order valence-corrected chi connectivity index (χ1v) is 7.09. The average molecular weight is 300 g/mol. The normalized spacial score (nSPS) is 12.2. The van der Waals surface area contributed by atoms with Crippen molar-refractivity contribution in [3.8, 4) is 5.75 Å². The molecule has 0 spiro atoms. The molecule has 2 rings (SSSR count). The molecular weight excluding hydrogens is 280 g/mol. The van der Waals surface area contributed by atoms with Gasteiger partial charge in [0.05, 0.1) is 12.0 Å². The average Bonchev–Trinajstić information content (AvgIpc) is 2.54. The maximum absolute atomic E-state index is 10.9. The first-order valence-electron chi connectivity index (χ1n) is 7.09. The topological polar surface area (TPSA) is 55.6 Å². The minimum Gasteiger partial charge on any atom is -0.497 e. The van der Waals surface area contributed by atoms with E-state index in [0.717, 1.165) is 17.9 Å². The lowest BCUT2D eigenvalue weighted by Gasteiger charge is -2.25. The lowest BCUT2D eigenvalue weighted by Crippen LogP contribution is -2.21. The van der Waals surface area contributed by atoms with Crippen LogP contribution in [0.3, 0.4) is 0 Å². The number of benzene rings is 2. The van der Waals surface area contributed by atoms with Crippen molar-refractivity contribution in [1.29, 1.82) is 0 Å². The number of non-ortho nitro benzene ring substituents is 1. The number of nitrogens with zero attached hydrogens (tertiary/aromatic N) is 2. The summed E-state index contributed by atoms with van der Waals surface area (Å²) in [5.41, 5.74) is 2.23. The van der Waals surface area contributed by atoms with Crippen molar-refractivity contribution in [2.75, 3.05) is 14.2 Å². The van der Waals surface area contributed by atoms with E-state index < -0.39 is 0 Å². The van der Waals surface area contributed by atoms with Gasteiger partial charge in [0.25, 0.3) is 5.69 Å². The number of hydrogen-bond donors (Lipinski definition) is 0. The van der Waals surface area contributed by atoms with Crippen LogP contribution in [0.15, 0.2) is 48.5 Å². The van der Waals surface area contributed by atoms with E-state index in [1.165, 1.54) is 11.6 Å². The zero-order valence-electron chi connectivity index (χ0n) is 13.0. The minimum absolute atomic E-state index is 0.0852. The van der Waals surface area contributed by atoms with E-state index in [1.54, 1.807) is 19.2 Å². The molecule has 5 nitrogen and oxygen atoms in total. The molecular formula is C17H20N2O3. The van der Waals surface area contributed by atoms with E-state index in [-0.39, 0.29) is 16.7 Å². The van der Waals surface area contributed by atoms with E-state index in [9.17, 15) is 10.1 Å².